The smallest absolute Gasteiger partial charge is 0.126 e. The molecule has 172 valence electrons. The Morgan fingerprint density at radius 1 is 1.26 bits per heavy atom. The molecule has 0 radical (unpaired) electrons. The molecule has 0 spiro atoms. The molecule has 1 aliphatic heterocycles. The highest BCUT2D eigenvalue weighted by atomic mass is 16.5. The minimum Gasteiger partial charge on any atom is -0.398 e. The molecule has 1 atom stereocenters. The number of allylic oxidation sites excluding steroid dienone is 5. The molecule has 1 unspecified atom stereocenters. The first kappa shape index (κ1) is 26.7. The summed E-state index contributed by atoms with van der Waals surface area (Å²) in [5, 5.41) is 0. The van der Waals surface area contributed by atoms with Crippen molar-refractivity contribution in [2.75, 3.05) is 39.4 Å². The fraction of sp³-hybridized carbons (Fsp3) is 0.500. The molecule has 1 fully saturated rings. The van der Waals surface area contributed by atoms with Gasteiger partial charge in [0.15, 0.2) is 0 Å². The number of hydrogen-bond acceptors (Lipinski definition) is 5. The number of hydrogen-bond donors (Lipinski definition) is 1. The number of ether oxygens (including phenoxy) is 1. The SMILES string of the molecule is C=C/C=C(\C=C/C)C(/N)=C/C(C)=N/C(=C\C(C)N(CCC)CCC=C)N1CCOCC1. The fourth-order valence-electron chi connectivity index (χ4n) is 3.47. The van der Waals surface area contributed by atoms with Gasteiger partial charge >= 0.3 is 0 Å². The van der Waals surface area contributed by atoms with Gasteiger partial charge in [0, 0.05) is 37.1 Å². The maximum absolute atomic E-state index is 6.33. The zero-order valence-corrected chi connectivity index (χ0v) is 20.0. The van der Waals surface area contributed by atoms with Gasteiger partial charge in [-0.15, -0.1) is 6.58 Å². The molecule has 0 amide bonds. The van der Waals surface area contributed by atoms with Crippen molar-refractivity contribution in [3.05, 3.63) is 72.8 Å². The largest absolute Gasteiger partial charge is 0.398 e. The fourth-order valence-corrected chi connectivity index (χ4v) is 3.47. The second kappa shape index (κ2) is 15.4. The predicted molar refractivity (Wildman–Crippen MR) is 135 cm³/mol. The van der Waals surface area contributed by atoms with Crippen LogP contribution in [0.4, 0.5) is 0 Å². The highest BCUT2D eigenvalue weighted by Crippen LogP contribution is 2.15. The summed E-state index contributed by atoms with van der Waals surface area (Å²) in [5.41, 5.74) is 8.80. The molecular weight excluding hydrogens is 384 g/mol. The number of aliphatic imine (C=N–C) groups is 1. The van der Waals surface area contributed by atoms with Crippen LogP contribution in [0.3, 0.4) is 0 Å². The first-order valence-electron chi connectivity index (χ1n) is 11.3. The van der Waals surface area contributed by atoms with Crippen LogP contribution in [-0.4, -0.2) is 60.9 Å². The predicted octanol–water partition coefficient (Wildman–Crippen LogP) is 4.83. The minimum atomic E-state index is 0.273. The first-order chi connectivity index (χ1) is 15.0. The summed E-state index contributed by atoms with van der Waals surface area (Å²) in [6.45, 7) is 21.3. The maximum Gasteiger partial charge on any atom is 0.126 e. The van der Waals surface area contributed by atoms with E-state index < -0.39 is 0 Å². The Balaban J connectivity index is 3.23. The van der Waals surface area contributed by atoms with Gasteiger partial charge in [-0.05, 0) is 57.9 Å². The number of nitrogens with zero attached hydrogens (tertiary/aromatic N) is 3. The highest BCUT2D eigenvalue weighted by molar-refractivity contribution is 5.94. The van der Waals surface area contributed by atoms with Crippen molar-refractivity contribution in [1.82, 2.24) is 9.80 Å². The van der Waals surface area contributed by atoms with Crippen molar-refractivity contribution < 1.29 is 4.74 Å². The number of morpholine rings is 1. The quantitative estimate of drug-likeness (QED) is 0.260. The molecule has 1 heterocycles. The molecule has 0 aromatic carbocycles. The summed E-state index contributed by atoms with van der Waals surface area (Å²) in [6, 6.07) is 0.273. The second-order valence-electron chi connectivity index (χ2n) is 7.69. The van der Waals surface area contributed by atoms with E-state index in [9.17, 15) is 0 Å². The topological polar surface area (TPSA) is 54.1 Å². The molecule has 31 heavy (non-hydrogen) atoms. The molecule has 5 nitrogen and oxygen atoms in total. The average Bonchev–Trinajstić information content (AvgIpc) is 2.76. The van der Waals surface area contributed by atoms with Crippen LogP contribution in [0.2, 0.25) is 0 Å². The van der Waals surface area contributed by atoms with E-state index in [4.69, 9.17) is 15.5 Å². The Morgan fingerprint density at radius 2 is 1.97 bits per heavy atom. The van der Waals surface area contributed by atoms with E-state index in [1.165, 1.54) is 0 Å². The Labute approximate surface area is 190 Å². The Bertz CT molecular complexity index is 709. The Morgan fingerprint density at radius 3 is 2.55 bits per heavy atom. The van der Waals surface area contributed by atoms with Crippen LogP contribution in [0.5, 0.6) is 0 Å². The van der Waals surface area contributed by atoms with Crippen LogP contribution < -0.4 is 5.73 Å². The molecule has 5 heteroatoms. The van der Waals surface area contributed by atoms with Gasteiger partial charge in [0.25, 0.3) is 0 Å². The number of nitrogens with two attached hydrogens (primary N) is 1. The van der Waals surface area contributed by atoms with Crippen LogP contribution in [0.1, 0.15) is 40.5 Å². The first-order valence-corrected chi connectivity index (χ1v) is 11.3. The highest BCUT2D eigenvalue weighted by Gasteiger charge is 2.17. The lowest BCUT2D eigenvalue weighted by molar-refractivity contribution is 0.0526. The van der Waals surface area contributed by atoms with Gasteiger partial charge in [0.1, 0.15) is 5.82 Å². The van der Waals surface area contributed by atoms with Crippen molar-refractivity contribution in [1.29, 1.82) is 0 Å². The lowest BCUT2D eigenvalue weighted by Gasteiger charge is -2.32. The van der Waals surface area contributed by atoms with Gasteiger partial charge < -0.3 is 15.4 Å². The van der Waals surface area contributed by atoms with Crippen molar-refractivity contribution in [2.24, 2.45) is 10.7 Å². The number of rotatable bonds is 13. The third-order valence-electron chi connectivity index (χ3n) is 5.06. The molecule has 0 saturated carbocycles. The molecule has 1 saturated heterocycles. The summed E-state index contributed by atoms with van der Waals surface area (Å²) in [7, 11) is 0. The van der Waals surface area contributed by atoms with Gasteiger partial charge in [-0.3, -0.25) is 4.90 Å². The molecule has 1 rings (SSSR count). The standard InChI is InChI=1S/C26H42N4O/c1-7-11-15-29(14-10-4)23(6)21-26(30-16-18-31-19-17-30)28-22(5)20-25(27)24(12-8-2)13-9-3/h7-9,12-13,20-21,23H,1-2,10-11,14-19,27H2,3-6H3/b13-9-,24-12+,25-20-,26-21+,28-22+. The average molecular weight is 427 g/mol. The van der Waals surface area contributed by atoms with Crippen LogP contribution in [-0.2, 0) is 4.74 Å². The summed E-state index contributed by atoms with van der Waals surface area (Å²) in [5.74, 6) is 0.984. The van der Waals surface area contributed by atoms with Gasteiger partial charge in [0.2, 0.25) is 0 Å². The molecule has 0 aromatic rings. The summed E-state index contributed by atoms with van der Waals surface area (Å²) in [4.78, 5) is 9.76. The van der Waals surface area contributed by atoms with Gasteiger partial charge in [-0.25, -0.2) is 4.99 Å². The van der Waals surface area contributed by atoms with Gasteiger partial charge in [0.05, 0.1) is 13.2 Å². The van der Waals surface area contributed by atoms with Crippen molar-refractivity contribution in [3.8, 4) is 0 Å². The zero-order chi connectivity index (χ0) is 23.1. The normalized spacial score (nSPS) is 18.0. The minimum absolute atomic E-state index is 0.273. The van der Waals surface area contributed by atoms with E-state index in [2.05, 4.69) is 42.9 Å². The molecule has 0 bridgehead atoms. The molecule has 0 aromatic heterocycles. The van der Waals surface area contributed by atoms with E-state index in [1.807, 2.05) is 44.2 Å². The van der Waals surface area contributed by atoms with Gasteiger partial charge in [-0.1, -0.05) is 43.9 Å². The summed E-state index contributed by atoms with van der Waals surface area (Å²) >= 11 is 0. The van der Waals surface area contributed by atoms with E-state index in [1.54, 1.807) is 6.08 Å². The summed E-state index contributed by atoms with van der Waals surface area (Å²) in [6.07, 6.45) is 15.9. The second-order valence-corrected chi connectivity index (χ2v) is 7.69. The monoisotopic (exact) mass is 426 g/mol. The van der Waals surface area contributed by atoms with Crippen LogP contribution in [0.25, 0.3) is 0 Å². The summed E-state index contributed by atoms with van der Waals surface area (Å²) < 4.78 is 5.55. The van der Waals surface area contributed by atoms with Crippen LogP contribution >= 0.6 is 0 Å². The third-order valence-corrected chi connectivity index (χ3v) is 5.06. The zero-order valence-electron chi connectivity index (χ0n) is 20.0. The molecule has 1 aliphatic rings. The maximum atomic E-state index is 6.33. The van der Waals surface area contributed by atoms with Crippen molar-refractivity contribution in [2.45, 2.75) is 46.6 Å². The van der Waals surface area contributed by atoms with E-state index in [0.717, 1.165) is 69.3 Å². The van der Waals surface area contributed by atoms with E-state index in [-0.39, 0.29) is 6.04 Å². The van der Waals surface area contributed by atoms with Crippen molar-refractivity contribution >= 4 is 5.71 Å². The Kier molecular flexibility index (Phi) is 13.3. The third kappa shape index (κ3) is 9.99. The lowest BCUT2D eigenvalue weighted by atomic mass is 10.1. The molecular formula is C26H42N4O. The molecule has 0 aliphatic carbocycles. The lowest BCUT2D eigenvalue weighted by Crippen LogP contribution is -2.38. The Hall–Kier alpha value is -2.37. The van der Waals surface area contributed by atoms with Crippen molar-refractivity contribution in [3.63, 3.8) is 0 Å². The van der Waals surface area contributed by atoms with Crippen LogP contribution in [0.15, 0.2) is 77.8 Å². The van der Waals surface area contributed by atoms with E-state index in [0.29, 0.717) is 5.70 Å². The van der Waals surface area contributed by atoms with Gasteiger partial charge in [-0.2, -0.15) is 0 Å². The van der Waals surface area contributed by atoms with Crippen LogP contribution in [0, 0.1) is 0 Å². The van der Waals surface area contributed by atoms with E-state index >= 15 is 0 Å². The molecule has 2 N–H and O–H groups in total.